The molecule has 1 aliphatic rings. The Labute approximate surface area is 173 Å². The van der Waals surface area contributed by atoms with Crippen LogP contribution < -0.4 is 9.47 Å². The van der Waals surface area contributed by atoms with Crippen LogP contribution in [0.4, 0.5) is 0 Å². The molecule has 2 amide bonds. The van der Waals surface area contributed by atoms with Crippen molar-refractivity contribution >= 4 is 11.8 Å². The Bertz CT molecular complexity index is 937. The normalized spacial score (nSPS) is 14.2. The molecule has 0 aliphatic carbocycles. The molecule has 9 nitrogen and oxygen atoms in total. The molecular formula is C21H24N2O7. The van der Waals surface area contributed by atoms with E-state index < -0.39 is 23.2 Å². The number of nitrogens with zero attached hydrogens (tertiary/aromatic N) is 2. The molecule has 0 radical (unpaired) electrons. The quantitative estimate of drug-likeness (QED) is 0.650. The summed E-state index contributed by atoms with van der Waals surface area (Å²) in [7, 11) is 3.02. The van der Waals surface area contributed by atoms with Crippen LogP contribution in [0.15, 0.2) is 30.3 Å². The number of amides is 2. The highest BCUT2D eigenvalue weighted by atomic mass is 16.5. The zero-order valence-corrected chi connectivity index (χ0v) is 16.8. The smallest absolute Gasteiger partial charge is 0.254 e. The Morgan fingerprint density at radius 2 is 1.30 bits per heavy atom. The zero-order valence-electron chi connectivity index (χ0n) is 16.8. The van der Waals surface area contributed by atoms with E-state index in [0.717, 1.165) is 12.1 Å². The maximum absolute atomic E-state index is 12.9. The molecule has 1 aliphatic heterocycles. The van der Waals surface area contributed by atoms with Crippen LogP contribution in [0.2, 0.25) is 0 Å². The van der Waals surface area contributed by atoms with Gasteiger partial charge in [-0.1, -0.05) is 0 Å². The number of carbonyl (C=O) groups is 2. The van der Waals surface area contributed by atoms with E-state index >= 15 is 0 Å². The lowest BCUT2D eigenvalue weighted by Gasteiger charge is -2.23. The predicted octanol–water partition coefficient (Wildman–Crippen LogP) is 1.81. The molecule has 2 aromatic rings. The summed E-state index contributed by atoms with van der Waals surface area (Å²) >= 11 is 0. The fraction of sp³-hybridized carbons (Fsp3) is 0.333. The van der Waals surface area contributed by atoms with Gasteiger partial charge in [0.1, 0.15) is 0 Å². The number of phenolic OH excluding ortho intramolecular Hbond substituents is 3. The minimum absolute atomic E-state index is 0.0578. The lowest BCUT2D eigenvalue weighted by atomic mass is 10.1. The largest absolute Gasteiger partial charge is 0.504 e. The summed E-state index contributed by atoms with van der Waals surface area (Å²) in [5, 5.41) is 28.8. The summed E-state index contributed by atoms with van der Waals surface area (Å²) in [6.45, 7) is 1.51. The molecule has 0 bridgehead atoms. The first-order chi connectivity index (χ1) is 14.3. The van der Waals surface area contributed by atoms with Gasteiger partial charge in [-0.3, -0.25) is 9.59 Å². The molecule has 3 rings (SSSR count). The second-order valence-electron chi connectivity index (χ2n) is 6.87. The van der Waals surface area contributed by atoms with Crippen molar-refractivity contribution in [2.24, 2.45) is 0 Å². The molecule has 3 N–H and O–H groups in total. The molecule has 0 spiro atoms. The Balaban J connectivity index is 1.72. The van der Waals surface area contributed by atoms with Gasteiger partial charge in [0.25, 0.3) is 11.8 Å². The third kappa shape index (κ3) is 4.19. The van der Waals surface area contributed by atoms with Crippen LogP contribution >= 0.6 is 0 Å². The highest BCUT2D eigenvalue weighted by Gasteiger charge is 2.25. The number of hydrogen-bond acceptors (Lipinski definition) is 7. The number of phenols is 3. The van der Waals surface area contributed by atoms with E-state index in [2.05, 4.69) is 0 Å². The molecule has 30 heavy (non-hydrogen) atoms. The molecule has 160 valence electrons. The van der Waals surface area contributed by atoms with Gasteiger partial charge in [-0.25, -0.2) is 0 Å². The van der Waals surface area contributed by atoms with E-state index in [9.17, 15) is 24.9 Å². The first kappa shape index (κ1) is 21.1. The minimum Gasteiger partial charge on any atom is -0.504 e. The zero-order chi connectivity index (χ0) is 21.8. The van der Waals surface area contributed by atoms with Crippen LogP contribution in [0.1, 0.15) is 27.1 Å². The number of ether oxygens (including phenoxy) is 2. The molecule has 2 aromatic carbocycles. The molecule has 0 saturated carbocycles. The molecule has 1 heterocycles. The monoisotopic (exact) mass is 416 g/mol. The Kier molecular flexibility index (Phi) is 6.20. The van der Waals surface area contributed by atoms with E-state index in [0.29, 0.717) is 49.7 Å². The van der Waals surface area contributed by atoms with Crippen LogP contribution in [-0.2, 0) is 0 Å². The Hall–Kier alpha value is -3.62. The second-order valence-corrected chi connectivity index (χ2v) is 6.87. The van der Waals surface area contributed by atoms with Crippen LogP contribution in [-0.4, -0.2) is 77.3 Å². The highest BCUT2D eigenvalue weighted by Crippen LogP contribution is 2.35. The van der Waals surface area contributed by atoms with Crippen LogP contribution in [0.5, 0.6) is 28.7 Å². The van der Waals surface area contributed by atoms with Crippen molar-refractivity contribution in [3.8, 4) is 28.7 Å². The van der Waals surface area contributed by atoms with Crippen molar-refractivity contribution in [1.29, 1.82) is 0 Å². The van der Waals surface area contributed by atoms with Gasteiger partial charge in [-0.15, -0.1) is 0 Å². The number of rotatable bonds is 4. The average molecular weight is 416 g/mol. The SMILES string of the molecule is COc1ccc(C(=O)N2CCCN(C(=O)c3cc(O)c(O)c(O)c3)CC2)cc1OC. The van der Waals surface area contributed by atoms with Gasteiger partial charge in [-0.2, -0.15) is 0 Å². The molecule has 0 aromatic heterocycles. The third-order valence-corrected chi connectivity index (χ3v) is 5.02. The first-order valence-electron chi connectivity index (χ1n) is 9.41. The van der Waals surface area contributed by atoms with Crippen LogP contribution in [0.25, 0.3) is 0 Å². The minimum atomic E-state index is -0.672. The van der Waals surface area contributed by atoms with Crippen molar-refractivity contribution in [3.63, 3.8) is 0 Å². The summed E-state index contributed by atoms with van der Waals surface area (Å²) in [6, 6.07) is 7.17. The fourth-order valence-corrected chi connectivity index (χ4v) is 3.39. The van der Waals surface area contributed by atoms with E-state index in [1.807, 2.05) is 0 Å². The van der Waals surface area contributed by atoms with Gasteiger partial charge in [0.15, 0.2) is 28.7 Å². The van der Waals surface area contributed by atoms with Crippen molar-refractivity contribution in [2.45, 2.75) is 6.42 Å². The molecule has 0 unspecified atom stereocenters. The van der Waals surface area contributed by atoms with Crippen molar-refractivity contribution in [3.05, 3.63) is 41.5 Å². The topological polar surface area (TPSA) is 120 Å². The van der Waals surface area contributed by atoms with Crippen molar-refractivity contribution < 1.29 is 34.4 Å². The van der Waals surface area contributed by atoms with Crippen LogP contribution in [0.3, 0.4) is 0 Å². The van der Waals surface area contributed by atoms with E-state index in [-0.39, 0.29) is 11.5 Å². The molecule has 1 saturated heterocycles. The summed E-state index contributed by atoms with van der Waals surface area (Å²) in [5.74, 6) is -1.40. The fourth-order valence-electron chi connectivity index (χ4n) is 3.39. The molecule has 9 heteroatoms. The van der Waals surface area contributed by atoms with E-state index in [1.165, 1.54) is 14.2 Å². The summed E-state index contributed by atoms with van der Waals surface area (Å²) in [4.78, 5) is 28.9. The second kappa shape index (κ2) is 8.81. The van der Waals surface area contributed by atoms with Gasteiger partial charge in [0.05, 0.1) is 14.2 Å². The van der Waals surface area contributed by atoms with Gasteiger partial charge in [0, 0.05) is 37.3 Å². The van der Waals surface area contributed by atoms with Gasteiger partial charge in [0.2, 0.25) is 0 Å². The first-order valence-corrected chi connectivity index (χ1v) is 9.41. The molecule has 1 fully saturated rings. The van der Waals surface area contributed by atoms with Gasteiger partial charge < -0.3 is 34.6 Å². The highest BCUT2D eigenvalue weighted by molar-refractivity contribution is 5.96. The number of carbonyl (C=O) groups excluding carboxylic acids is 2. The summed E-state index contributed by atoms with van der Waals surface area (Å²) in [5.41, 5.74) is 0.517. The summed E-state index contributed by atoms with van der Waals surface area (Å²) < 4.78 is 10.5. The van der Waals surface area contributed by atoms with E-state index in [1.54, 1.807) is 28.0 Å². The maximum atomic E-state index is 12.9. The predicted molar refractivity (Wildman–Crippen MR) is 107 cm³/mol. The van der Waals surface area contributed by atoms with Crippen LogP contribution in [0, 0.1) is 0 Å². The number of methoxy groups -OCH3 is 2. The van der Waals surface area contributed by atoms with E-state index in [4.69, 9.17) is 9.47 Å². The standard InChI is InChI=1S/C21H24N2O7/c1-29-17-5-4-13(12-18(17)30-2)20(27)22-6-3-7-23(9-8-22)21(28)14-10-15(24)19(26)16(25)11-14/h4-5,10-12,24-26H,3,6-9H2,1-2H3. The molecular weight excluding hydrogens is 392 g/mol. The molecule has 0 atom stereocenters. The van der Waals surface area contributed by atoms with Gasteiger partial charge in [-0.05, 0) is 36.8 Å². The lowest BCUT2D eigenvalue weighted by molar-refractivity contribution is 0.0718. The summed E-state index contributed by atoms with van der Waals surface area (Å²) in [6.07, 6.45) is 0.570. The van der Waals surface area contributed by atoms with Crippen molar-refractivity contribution in [2.75, 3.05) is 40.4 Å². The number of hydrogen-bond donors (Lipinski definition) is 3. The Morgan fingerprint density at radius 1 is 0.767 bits per heavy atom. The average Bonchev–Trinajstić information content (AvgIpc) is 3.01. The maximum Gasteiger partial charge on any atom is 0.254 e. The van der Waals surface area contributed by atoms with Gasteiger partial charge >= 0.3 is 0 Å². The Morgan fingerprint density at radius 3 is 1.83 bits per heavy atom. The number of benzene rings is 2. The number of aromatic hydroxyl groups is 3. The van der Waals surface area contributed by atoms with Crippen molar-refractivity contribution in [1.82, 2.24) is 9.80 Å². The lowest BCUT2D eigenvalue weighted by Crippen LogP contribution is -2.37. The third-order valence-electron chi connectivity index (χ3n) is 5.02.